The molecule has 1 fully saturated rings. The smallest absolute Gasteiger partial charge is 0.243 e. The molecule has 0 radical (unpaired) electrons. The first-order valence-corrected chi connectivity index (χ1v) is 9.11. The summed E-state index contributed by atoms with van der Waals surface area (Å²) in [6.45, 7) is 2.49. The van der Waals surface area contributed by atoms with Crippen molar-refractivity contribution in [3.05, 3.63) is 48.2 Å². The van der Waals surface area contributed by atoms with Crippen LogP contribution in [0.5, 0.6) is 5.88 Å². The number of benzene rings is 1. The molecule has 0 atom stereocenters. The Hall–Kier alpha value is -2.06. The Bertz CT molecular complexity index is 804. The third kappa shape index (κ3) is 3.70. The van der Waals surface area contributed by atoms with Crippen LogP contribution in [0.1, 0.15) is 18.7 Å². The van der Waals surface area contributed by atoms with Crippen molar-refractivity contribution in [3.8, 4) is 5.88 Å². The lowest BCUT2D eigenvalue weighted by Crippen LogP contribution is -2.41. The molecular formula is C16H18FN3O3S. The molecule has 8 heteroatoms. The normalized spacial score (nSPS) is 16.9. The van der Waals surface area contributed by atoms with E-state index in [1.165, 1.54) is 16.4 Å². The van der Waals surface area contributed by atoms with Crippen LogP contribution < -0.4 is 4.74 Å². The molecule has 0 saturated carbocycles. The Balaban J connectivity index is 1.63. The summed E-state index contributed by atoms with van der Waals surface area (Å²) < 4.78 is 45.3. The number of aryl methyl sites for hydroxylation is 1. The van der Waals surface area contributed by atoms with Crippen molar-refractivity contribution >= 4 is 10.0 Å². The van der Waals surface area contributed by atoms with Crippen LogP contribution in [-0.4, -0.2) is 41.9 Å². The highest BCUT2D eigenvalue weighted by Gasteiger charge is 2.30. The van der Waals surface area contributed by atoms with Crippen LogP contribution in [0.2, 0.25) is 0 Å². The number of sulfonamides is 1. The lowest BCUT2D eigenvalue weighted by Gasteiger charge is -2.31. The van der Waals surface area contributed by atoms with Crippen LogP contribution in [0, 0.1) is 12.7 Å². The van der Waals surface area contributed by atoms with Crippen molar-refractivity contribution in [1.82, 2.24) is 14.3 Å². The zero-order chi connectivity index (χ0) is 17.2. The molecule has 1 saturated heterocycles. The Labute approximate surface area is 140 Å². The van der Waals surface area contributed by atoms with Gasteiger partial charge < -0.3 is 4.74 Å². The molecule has 128 valence electrons. The van der Waals surface area contributed by atoms with Crippen molar-refractivity contribution in [2.45, 2.75) is 30.8 Å². The summed E-state index contributed by atoms with van der Waals surface area (Å²) >= 11 is 0. The molecule has 0 spiro atoms. The number of rotatable bonds is 4. The molecule has 0 amide bonds. The molecule has 1 aliphatic rings. The maximum atomic E-state index is 13.0. The Morgan fingerprint density at radius 2 is 1.83 bits per heavy atom. The fourth-order valence-electron chi connectivity index (χ4n) is 2.62. The summed E-state index contributed by atoms with van der Waals surface area (Å²) in [5.74, 6) is 0.673. The quantitative estimate of drug-likeness (QED) is 0.844. The summed E-state index contributed by atoms with van der Waals surface area (Å²) in [6, 6.07) is 6.57. The van der Waals surface area contributed by atoms with Crippen molar-refractivity contribution in [2.75, 3.05) is 13.1 Å². The fraction of sp³-hybridized carbons (Fsp3) is 0.375. The lowest BCUT2D eigenvalue weighted by molar-refractivity contribution is 0.129. The standard InChI is InChI=1S/C16H18FN3O3S/c1-12-18-9-6-16(19-12)23-14-7-10-20(11-8-14)24(21,22)15-4-2-13(17)3-5-15/h2-6,9,14H,7-8,10-11H2,1H3. The molecule has 3 rings (SSSR count). The summed E-state index contributed by atoms with van der Waals surface area (Å²) in [5.41, 5.74) is 0. The number of halogens is 1. The molecular weight excluding hydrogens is 333 g/mol. The van der Waals surface area contributed by atoms with Crippen molar-refractivity contribution in [1.29, 1.82) is 0 Å². The first kappa shape index (κ1) is 16.8. The number of nitrogens with zero attached hydrogens (tertiary/aromatic N) is 3. The number of piperidine rings is 1. The van der Waals surface area contributed by atoms with Gasteiger partial charge in [0.2, 0.25) is 15.9 Å². The van der Waals surface area contributed by atoms with Crippen LogP contribution in [0.25, 0.3) is 0 Å². The number of hydrogen-bond donors (Lipinski definition) is 0. The van der Waals surface area contributed by atoms with E-state index in [9.17, 15) is 12.8 Å². The Morgan fingerprint density at radius 1 is 1.17 bits per heavy atom. The van der Waals surface area contributed by atoms with Gasteiger partial charge in [0.1, 0.15) is 17.7 Å². The van der Waals surface area contributed by atoms with Crippen molar-refractivity contribution in [2.24, 2.45) is 0 Å². The van der Waals surface area contributed by atoms with Crippen molar-refractivity contribution < 1.29 is 17.5 Å². The van der Waals surface area contributed by atoms with Crippen LogP contribution in [-0.2, 0) is 10.0 Å². The van der Waals surface area contributed by atoms with E-state index in [1.807, 2.05) is 0 Å². The summed E-state index contributed by atoms with van der Waals surface area (Å²) in [6.07, 6.45) is 2.69. The number of ether oxygens (including phenoxy) is 1. The molecule has 0 aliphatic carbocycles. The van der Waals surface area contributed by atoms with E-state index in [0.29, 0.717) is 37.6 Å². The summed E-state index contributed by atoms with van der Waals surface area (Å²) in [4.78, 5) is 8.31. The molecule has 2 aromatic rings. The first-order valence-electron chi connectivity index (χ1n) is 7.67. The minimum atomic E-state index is -3.60. The van der Waals surface area contributed by atoms with Gasteiger partial charge in [-0.25, -0.2) is 17.8 Å². The predicted molar refractivity (Wildman–Crippen MR) is 85.6 cm³/mol. The first-order chi connectivity index (χ1) is 11.4. The average Bonchev–Trinajstić information content (AvgIpc) is 2.56. The van der Waals surface area contributed by atoms with E-state index < -0.39 is 15.8 Å². The van der Waals surface area contributed by atoms with Gasteiger partial charge >= 0.3 is 0 Å². The molecule has 24 heavy (non-hydrogen) atoms. The van der Waals surface area contributed by atoms with Crippen molar-refractivity contribution in [3.63, 3.8) is 0 Å². The number of hydrogen-bond acceptors (Lipinski definition) is 5. The van der Waals surface area contributed by atoms with E-state index in [4.69, 9.17) is 4.74 Å². The maximum absolute atomic E-state index is 13.0. The Kier molecular flexibility index (Phi) is 4.77. The molecule has 0 unspecified atom stereocenters. The van der Waals surface area contributed by atoms with E-state index in [-0.39, 0.29) is 11.0 Å². The van der Waals surface area contributed by atoms with Gasteiger partial charge in [-0.05, 0) is 44.0 Å². The van der Waals surface area contributed by atoms with Crippen LogP contribution >= 0.6 is 0 Å². The molecule has 1 aliphatic heterocycles. The average molecular weight is 351 g/mol. The second-order valence-corrected chi connectivity index (χ2v) is 7.56. The maximum Gasteiger partial charge on any atom is 0.243 e. The second-order valence-electron chi connectivity index (χ2n) is 5.62. The molecule has 1 aromatic carbocycles. The van der Waals surface area contributed by atoms with E-state index in [0.717, 1.165) is 12.1 Å². The lowest BCUT2D eigenvalue weighted by atomic mass is 10.1. The number of aromatic nitrogens is 2. The molecule has 2 heterocycles. The third-order valence-electron chi connectivity index (χ3n) is 3.89. The Morgan fingerprint density at radius 3 is 2.46 bits per heavy atom. The van der Waals surface area contributed by atoms with Gasteiger partial charge in [0.25, 0.3) is 0 Å². The highest BCUT2D eigenvalue weighted by Crippen LogP contribution is 2.23. The zero-order valence-corrected chi connectivity index (χ0v) is 14.0. The minimum absolute atomic E-state index is 0.0843. The molecule has 0 bridgehead atoms. The largest absolute Gasteiger partial charge is 0.474 e. The fourth-order valence-corrected chi connectivity index (χ4v) is 4.09. The van der Waals surface area contributed by atoms with Crippen LogP contribution in [0.4, 0.5) is 4.39 Å². The monoisotopic (exact) mass is 351 g/mol. The van der Waals surface area contributed by atoms with Gasteiger partial charge in [-0.3, -0.25) is 0 Å². The molecule has 0 N–H and O–H groups in total. The molecule has 1 aromatic heterocycles. The topological polar surface area (TPSA) is 72.4 Å². The van der Waals surface area contributed by atoms with Gasteiger partial charge in [-0.2, -0.15) is 9.29 Å². The van der Waals surface area contributed by atoms with Gasteiger partial charge in [0, 0.05) is 25.4 Å². The third-order valence-corrected chi connectivity index (χ3v) is 5.80. The van der Waals surface area contributed by atoms with E-state index >= 15 is 0 Å². The second kappa shape index (κ2) is 6.82. The van der Waals surface area contributed by atoms with Gasteiger partial charge in [0.15, 0.2) is 0 Å². The molecule has 6 nitrogen and oxygen atoms in total. The zero-order valence-electron chi connectivity index (χ0n) is 13.2. The van der Waals surface area contributed by atoms with E-state index in [2.05, 4.69) is 9.97 Å². The van der Waals surface area contributed by atoms with Crippen LogP contribution in [0.15, 0.2) is 41.4 Å². The van der Waals surface area contributed by atoms with Gasteiger partial charge in [0.05, 0.1) is 4.90 Å². The van der Waals surface area contributed by atoms with Crippen LogP contribution in [0.3, 0.4) is 0 Å². The SMILES string of the molecule is Cc1nccc(OC2CCN(S(=O)(=O)c3ccc(F)cc3)CC2)n1. The summed E-state index contributed by atoms with van der Waals surface area (Å²) in [7, 11) is -3.60. The van der Waals surface area contributed by atoms with Gasteiger partial charge in [-0.15, -0.1) is 0 Å². The summed E-state index contributed by atoms with van der Waals surface area (Å²) in [5, 5.41) is 0. The van der Waals surface area contributed by atoms with Gasteiger partial charge in [-0.1, -0.05) is 0 Å². The predicted octanol–water partition coefficient (Wildman–Crippen LogP) is 2.16. The van der Waals surface area contributed by atoms with E-state index in [1.54, 1.807) is 19.2 Å². The minimum Gasteiger partial charge on any atom is -0.474 e. The highest BCUT2D eigenvalue weighted by atomic mass is 32.2. The highest BCUT2D eigenvalue weighted by molar-refractivity contribution is 7.89.